The standard InChI is InChI=1S/C7H14OS.Li/c1-5-6(8)9-7(2,3)4;/h5,8H,1-4H3;/q;+1/p-1/b6-5-;. The van der Waals surface area contributed by atoms with Gasteiger partial charge in [0.25, 0.3) is 0 Å². The molecule has 10 heavy (non-hydrogen) atoms. The number of hydrogen-bond acceptors (Lipinski definition) is 2. The summed E-state index contributed by atoms with van der Waals surface area (Å²) in [6, 6.07) is 0. The van der Waals surface area contributed by atoms with Crippen molar-refractivity contribution in [2.45, 2.75) is 32.4 Å². The molecule has 54 valence electrons. The van der Waals surface area contributed by atoms with Gasteiger partial charge in [0, 0.05) is 4.75 Å². The smallest absolute Gasteiger partial charge is 0.868 e. The molecule has 0 fully saturated rings. The summed E-state index contributed by atoms with van der Waals surface area (Å²) in [5.74, 6) is 0. The average Bonchev–Trinajstić information content (AvgIpc) is 1.62. The summed E-state index contributed by atoms with van der Waals surface area (Å²) < 4.78 is 0.0591. The molecule has 0 N–H and O–H groups in total. The van der Waals surface area contributed by atoms with Crippen LogP contribution in [-0.4, -0.2) is 4.75 Å². The van der Waals surface area contributed by atoms with E-state index in [9.17, 15) is 5.11 Å². The molecule has 1 nitrogen and oxygen atoms in total. The minimum absolute atomic E-state index is 0. The Balaban J connectivity index is 0. The topological polar surface area (TPSA) is 23.1 Å². The molecule has 0 saturated carbocycles. The zero-order valence-electron chi connectivity index (χ0n) is 7.39. The van der Waals surface area contributed by atoms with Crippen LogP contribution < -0.4 is 24.0 Å². The van der Waals surface area contributed by atoms with Crippen molar-refractivity contribution < 1.29 is 24.0 Å². The fourth-order valence-electron chi connectivity index (χ4n) is 0.361. The van der Waals surface area contributed by atoms with E-state index < -0.39 is 0 Å². The summed E-state index contributed by atoms with van der Waals surface area (Å²) in [7, 11) is 0. The van der Waals surface area contributed by atoms with Crippen LogP contribution in [0.5, 0.6) is 0 Å². The van der Waals surface area contributed by atoms with Crippen molar-refractivity contribution in [2.24, 2.45) is 0 Å². The Kier molecular flexibility index (Phi) is 6.79. The van der Waals surface area contributed by atoms with E-state index in [1.165, 1.54) is 11.8 Å². The molecular formula is C7H13LiOS. The maximum Gasteiger partial charge on any atom is 1.00 e. The van der Waals surface area contributed by atoms with E-state index in [0.29, 0.717) is 0 Å². The van der Waals surface area contributed by atoms with Crippen LogP contribution in [0.25, 0.3) is 0 Å². The molecule has 0 aromatic rings. The molecule has 0 unspecified atom stereocenters. The fourth-order valence-corrected chi connectivity index (χ4v) is 1.08. The van der Waals surface area contributed by atoms with E-state index in [-0.39, 0.29) is 28.7 Å². The first-order valence-corrected chi connectivity index (χ1v) is 3.79. The van der Waals surface area contributed by atoms with E-state index in [2.05, 4.69) is 0 Å². The van der Waals surface area contributed by atoms with Crippen molar-refractivity contribution in [3.63, 3.8) is 0 Å². The van der Waals surface area contributed by atoms with Crippen molar-refractivity contribution in [3.05, 3.63) is 11.2 Å². The number of thioether (sulfide) groups is 1. The van der Waals surface area contributed by atoms with Gasteiger partial charge in [-0.15, -0.1) is 11.8 Å². The van der Waals surface area contributed by atoms with Crippen LogP contribution in [0.3, 0.4) is 0 Å². The quantitative estimate of drug-likeness (QED) is 0.346. The Labute approximate surface area is 79.5 Å². The Morgan fingerprint density at radius 2 is 1.80 bits per heavy atom. The largest absolute Gasteiger partial charge is 1.00 e. The Morgan fingerprint density at radius 1 is 1.40 bits per heavy atom. The molecule has 0 bridgehead atoms. The van der Waals surface area contributed by atoms with E-state index >= 15 is 0 Å². The van der Waals surface area contributed by atoms with Crippen molar-refractivity contribution in [3.8, 4) is 0 Å². The minimum atomic E-state index is 0. The van der Waals surface area contributed by atoms with Gasteiger partial charge in [-0.1, -0.05) is 31.9 Å². The molecule has 0 radical (unpaired) electrons. The van der Waals surface area contributed by atoms with Gasteiger partial charge >= 0.3 is 18.9 Å². The van der Waals surface area contributed by atoms with Crippen LogP contribution in [0.4, 0.5) is 0 Å². The molecule has 0 saturated heterocycles. The van der Waals surface area contributed by atoms with Gasteiger partial charge in [-0.25, -0.2) is 0 Å². The molecule has 0 atom stereocenters. The number of rotatable bonds is 1. The number of hydrogen-bond donors (Lipinski definition) is 0. The molecule has 3 heteroatoms. The predicted octanol–water partition coefficient (Wildman–Crippen LogP) is -1.26. The van der Waals surface area contributed by atoms with Gasteiger partial charge in [0.15, 0.2) is 0 Å². The number of allylic oxidation sites excluding steroid dienone is 1. The van der Waals surface area contributed by atoms with Crippen molar-refractivity contribution in [1.29, 1.82) is 0 Å². The van der Waals surface area contributed by atoms with Gasteiger partial charge in [-0.2, -0.15) is 0 Å². The second-order valence-corrected chi connectivity index (χ2v) is 4.65. The third-order valence-corrected chi connectivity index (χ3v) is 1.69. The molecule has 0 aliphatic rings. The fraction of sp³-hybridized carbons (Fsp3) is 0.714. The SMILES string of the molecule is C/C=C(/[O-])SC(C)(C)C.[Li+]. The molecule has 0 spiro atoms. The molecule has 0 amide bonds. The van der Waals surface area contributed by atoms with Crippen LogP contribution in [0.2, 0.25) is 0 Å². The maximum atomic E-state index is 10.7. The van der Waals surface area contributed by atoms with Crippen LogP contribution >= 0.6 is 11.8 Å². The minimum Gasteiger partial charge on any atom is -0.868 e. The summed E-state index contributed by atoms with van der Waals surface area (Å²) >= 11 is 1.36. The van der Waals surface area contributed by atoms with Crippen LogP contribution in [0.15, 0.2) is 11.2 Å². The van der Waals surface area contributed by atoms with Gasteiger partial charge < -0.3 is 5.11 Å². The zero-order chi connectivity index (χ0) is 7.49. The summed E-state index contributed by atoms with van der Waals surface area (Å²) in [5, 5.41) is 10.9. The summed E-state index contributed by atoms with van der Waals surface area (Å²) in [5.41, 5.74) is 0. The summed E-state index contributed by atoms with van der Waals surface area (Å²) in [6.45, 7) is 7.85. The molecule has 0 aliphatic heterocycles. The molecule has 0 rings (SSSR count). The monoisotopic (exact) mass is 152 g/mol. The van der Waals surface area contributed by atoms with E-state index in [1.54, 1.807) is 13.0 Å². The first-order chi connectivity index (χ1) is 3.95. The van der Waals surface area contributed by atoms with Gasteiger partial charge in [0.05, 0.1) is 0 Å². The third kappa shape index (κ3) is 8.49. The van der Waals surface area contributed by atoms with Crippen LogP contribution in [0.1, 0.15) is 27.7 Å². The van der Waals surface area contributed by atoms with E-state index in [4.69, 9.17) is 0 Å². The third-order valence-electron chi connectivity index (χ3n) is 0.642. The summed E-state index contributed by atoms with van der Waals surface area (Å²) in [6.07, 6.45) is 1.59. The van der Waals surface area contributed by atoms with Gasteiger partial charge in [0.2, 0.25) is 0 Å². The van der Waals surface area contributed by atoms with Crippen molar-refractivity contribution in [1.82, 2.24) is 0 Å². The van der Waals surface area contributed by atoms with Crippen molar-refractivity contribution >= 4 is 11.8 Å². The second-order valence-electron chi connectivity index (χ2n) is 2.82. The van der Waals surface area contributed by atoms with E-state index in [1.807, 2.05) is 20.8 Å². The molecule has 0 heterocycles. The van der Waals surface area contributed by atoms with Gasteiger partial charge in [0.1, 0.15) is 0 Å². The first kappa shape index (κ1) is 13.1. The molecular weight excluding hydrogens is 139 g/mol. The van der Waals surface area contributed by atoms with Crippen LogP contribution in [-0.2, 0) is 0 Å². The summed E-state index contributed by atoms with van der Waals surface area (Å²) in [4.78, 5) is 0. The molecule has 0 aromatic carbocycles. The zero-order valence-corrected chi connectivity index (χ0v) is 8.21. The average molecular weight is 152 g/mol. The molecule has 0 aromatic heterocycles. The first-order valence-electron chi connectivity index (χ1n) is 2.98. The van der Waals surface area contributed by atoms with Gasteiger partial charge in [-0.3, -0.25) is 0 Å². The molecule has 0 aliphatic carbocycles. The second kappa shape index (κ2) is 5.18. The Morgan fingerprint density at radius 3 is 1.90 bits per heavy atom. The Bertz CT molecular complexity index is 115. The van der Waals surface area contributed by atoms with Crippen LogP contribution in [0, 0.1) is 0 Å². The van der Waals surface area contributed by atoms with E-state index in [0.717, 1.165) is 0 Å². The Hall–Kier alpha value is 0.487. The van der Waals surface area contributed by atoms with Crippen molar-refractivity contribution in [2.75, 3.05) is 0 Å². The van der Waals surface area contributed by atoms with Gasteiger partial charge in [-0.05, 0) is 6.92 Å². The predicted molar refractivity (Wildman–Crippen MR) is 41.1 cm³/mol. The normalized spacial score (nSPS) is 12.6. The maximum absolute atomic E-state index is 10.7.